The average molecular weight is 258 g/mol. The predicted molar refractivity (Wildman–Crippen MR) is 65.5 cm³/mol. The summed E-state index contributed by atoms with van der Waals surface area (Å²) in [4.78, 5) is 25.1. The number of hydrogen-bond donors (Lipinski definition) is 2. The van der Waals surface area contributed by atoms with E-state index in [9.17, 15) is 14.7 Å². The molecule has 0 aromatic rings. The number of hydrogen-bond acceptors (Lipinski definition) is 4. The van der Waals surface area contributed by atoms with Crippen LogP contribution in [0.1, 0.15) is 26.7 Å². The molecule has 2 fully saturated rings. The van der Waals surface area contributed by atoms with Crippen molar-refractivity contribution in [2.24, 2.45) is 11.1 Å². The van der Waals surface area contributed by atoms with E-state index in [4.69, 9.17) is 5.73 Å². The summed E-state index contributed by atoms with van der Waals surface area (Å²) in [6.07, 6.45) is 1.34. The van der Waals surface area contributed by atoms with E-state index in [0.29, 0.717) is 12.8 Å². The summed E-state index contributed by atoms with van der Waals surface area (Å²) < 4.78 is 0. The second kappa shape index (κ2) is 4.17. The summed E-state index contributed by atoms with van der Waals surface area (Å²) >= 11 is 1.65. The van der Waals surface area contributed by atoms with Crippen molar-refractivity contribution in [1.29, 1.82) is 0 Å². The van der Waals surface area contributed by atoms with Crippen LogP contribution in [0.2, 0.25) is 0 Å². The van der Waals surface area contributed by atoms with Gasteiger partial charge in [0.1, 0.15) is 6.04 Å². The van der Waals surface area contributed by atoms with Gasteiger partial charge in [-0.1, -0.05) is 13.8 Å². The number of fused-ring (bicyclic) bond motifs is 1. The molecule has 0 aromatic heterocycles. The molecule has 1 amide bonds. The molecule has 0 unspecified atom stereocenters. The molecule has 2 aliphatic rings. The quantitative estimate of drug-likeness (QED) is 0.715. The highest BCUT2D eigenvalue weighted by Crippen LogP contribution is 2.45. The van der Waals surface area contributed by atoms with Gasteiger partial charge < -0.3 is 15.7 Å². The Kier molecular flexibility index (Phi) is 3.12. The molecule has 2 heterocycles. The number of carbonyl (C=O) groups excluding carboxylic acids is 1. The third kappa shape index (κ3) is 2.04. The minimum Gasteiger partial charge on any atom is -0.480 e. The molecule has 96 valence electrons. The Morgan fingerprint density at radius 2 is 2.24 bits per heavy atom. The average Bonchev–Trinajstić information content (AvgIpc) is 2.40. The van der Waals surface area contributed by atoms with Crippen LogP contribution >= 0.6 is 11.8 Å². The predicted octanol–water partition coefficient (Wildman–Crippen LogP) is 0.488. The maximum absolute atomic E-state index is 12.2. The molecule has 0 spiro atoms. The van der Waals surface area contributed by atoms with Crippen molar-refractivity contribution in [3.05, 3.63) is 0 Å². The third-order valence-electron chi connectivity index (χ3n) is 3.57. The lowest BCUT2D eigenvalue weighted by atomic mass is 9.84. The van der Waals surface area contributed by atoms with Gasteiger partial charge in [-0.2, -0.15) is 0 Å². The van der Waals surface area contributed by atoms with Gasteiger partial charge in [0.15, 0.2) is 0 Å². The first-order valence-corrected chi connectivity index (χ1v) is 6.81. The third-order valence-corrected chi connectivity index (χ3v) is 4.82. The first-order chi connectivity index (χ1) is 7.84. The molecule has 5 nitrogen and oxygen atoms in total. The standard InChI is InChI=1S/C11H18N2O3S/c1-11(2)5-7-13(8(11)10(15)16)9(14)6(12)3-4-17-7/h6-8H,3-5,12H2,1-2H3,(H,15,16)/t6-,7-,8+/m0/s1. The first-order valence-electron chi connectivity index (χ1n) is 5.77. The normalized spacial score (nSPS) is 36.5. The number of aliphatic carboxylic acids is 1. The largest absolute Gasteiger partial charge is 0.480 e. The van der Waals surface area contributed by atoms with Crippen LogP contribution in [0.5, 0.6) is 0 Å². The first kappa shape index (κ1) is 12.7. The Balaban J connectivity index is 2.37. The van der Waals surface area contributed by atoms with E-state index in [1.54, 1.807) is 11.8 Å². The molecule has 0 bridgehead atoms. The highest BCUT2D eigenvalue weighted by atomic mass is 32.2. The second-order valence-corrected chi connectivity index (χ2v) is 6.69. The Morgan fingerprint density at radius 3 is 2.82 bits per heavy atom. The summed E-state index contributed by atoms with van der Waals surface area (Å²) in [5.41, 5.74) is 5.40. The van der Waals surface area contributed by atoms with Gasteiger partial charge in [-0.05, 0) is 24.0 Å². The topological polar surface area (TPSA) is 83.6 Å². The van der Waals surface area contributed by atoms with E-state index in [-0.39, 0.29) is 11.3 Å². The number of amides is 1. The van der Waals surface area contributed by atoms with Crippen molar-refractivity contribution in [2.45, 2.75) is 44.1 Å². The molecule has 0 aromatic carbocycles. The van der Waals surface area contributed by atoms with Crippen molar-refractivity contribution in [3.63, 3.8) is 0 Å². The highest BCUT2D eigenvalue weighted by Gasteiger charge is 2.53. The van der Waals surface area contributed by atoms with Crippen molar-refractivity contribution in [2.75, 3.05) is 5.75 Å². The van der Waals surface area contributed by atoms with E-state index in [1.165, 1.54) is 4.90 Å². The van der Waals surface area contributed by atoms with Crippen LogP contribution in [0.25, 0.3) is 0 Å². The van der Waals surface area contributed by atoms with Crippen molar-refractivity contribution < 1.29 is 14.7 Å². The van der Waals surface area contributed by atoms with Crippen LogP contribution in [0, 0.1) is 5.41 Å². The summed E-state index contributed by atoms with van der Waals surface area (Å²) in [5.74, 6) is -0.324. The van der Waals surface area contributed by atoms with Crippen LogP contribution in [0.4, 0.5) is 0 Å². The maximum Gasteiger partial charge on any atom is 0.327 e. The molecule has 2 rings (SSSR count). The van der Waals surface area contributed by atoms with Gasteiger partial charge in [-0.15, -0.1) is 11.8 Å². The Labute approximate surface area is 105 Å². The SMILES string of the molecule is CC1(C)C[C@@H]2SCC[C@H](N)C(=O)N2[C@@H]1C(=O)O. The van der Waals surface area contributed by atoms with Gasteiger partial charge in [0.2, 0.25) is 5.91 Å². The molecule has 0 aliphatic carbocycles. The lowest BCUT2D eigenvalue weighted by molar-refractivity contribution is -0.152. The number of thioether (sulfide) groups is 1. The molecule has 3 atom stereocenters. The fourth-order valence-corrected chi connectivity index (χ4v) is 4.31. The molecule has 0 radical (unpaired) electrons. The number of rotatable bonds is 1. The van der Waals surface area contributed by atoms with Gasteiger partial charge in [0.25, 0.3) is 0 Å². The van der Waals surface area contributed by atoms with Crippen LogP contribution in [-0.2, 0) is 9.59 Å². The van der Waals surface area contributed by atoms with Crippen LogP contribution < -0.4 is 5.73 Å². The second-order valence-electron chi connectivity index (χ2n) is 5.40. The Bertz CT molecular complexity index is 359. The van der Waals surface area contributed by atoms with E-state index in [2.05, 4.69) is 0 Å². The number of nitrogens with zero attached hydrogens (tertiary/aromatic N) is 1. The number of carboxylic acids is 1. The monoisotopic (exact) mass is 258 g/mol. The Morgan fingerprint density at radius 1 is 1.59 bits per heavy atom. The van der Waals surface area contributed by atoms with Gasteiger partial charge >= 0.3 is 5.97 Å². The van der Waals surface area contributed by atoms with E-state index in [1.807, 2.05) is 13.8 Å². The van der Waals surface area contributed by atoms with Crippen molar-refractivity contribution in [1.82, 2.24) is 4.90 Å². The lowest BCUT2D eigenvalue weighted by Crippen LogP contribution is -2.52. The van der Waals surface area contributed by atoms with Gasteiger partial charge in [0.05, 0.1) is 11.4 Å². The van der Waals surface area contributed by atoms with Crippen molar-refractivity contribution >= 4 is 23.6 Å². The highest BCUT2D eigenvalue weighted by molar-refractivity contribution is 7.99. The number of carboxylic acid groups (broad SMARTS) is 1. The minimum atomic E-state index is -0.930. The van der Waals surface area contributed by atoms with Gasteiger partial charge in [0, 0.05) is 0 Å². The minimum absolute atomic E-state index is 0.0350. The fourth-order valence-electron chi connectivity index (χ4n) is 2.71. The zero-order valence-electron chi connectivity index (χ0n) is 10.0. The summed E-state index contributed by atoms with van der Waals surface area (Å²) in [5, 5.41) is 9.30. The summed E-state index contributed by atoms with van der Waals surface area (Å²) in [6.45, 7) is 3.81. The molecular formula is C11H18N2O3S. The molecule has 3 N–H and O–H groups in total. The molecule has 6 heteroatoms. The zero-order chi connectivity index (χ0) is 12.8. The van der Waals surface area contributed by atoms with Crippen LogP contribution in [0.15, 0.2) is 0 Å². The lowest BCUT2D eigenvalue weighted by Gasteiger charge is -2.30. The Hall–Kier alpha value is -0.750. The molecule has 2 aliphatic heterocycles. The molecule has 0 saturated carbocycles. The zero-order valence-corrected chi connectivity index (χ0v) is 10.9. The summed E-state index contributed by atoms with van der Waals surface area (Å²) in [7, 11) is 0. The van der Waals surface area contributed by atoms with Crippen LogP contribution in [-0.4, -0.2) is 45.1 Å². The molecule has 2 saturated heterocycles. The van der Waals surface area contributed by atoms with E-state index in [0.717, 1.165) is 5.75 Å². The van der Waals surface area contributed by atoms with Crippen LogP contribution in [0.3, 0.4) is 0 Å². The molecular weight excluding hydrogens is 240 g/mol. The van der Waals surface area contributed by atoms with Crippen molar-refractivity contribution in [3.8, 4) is 0 Å². The van der Waals surface area contributed by atoms with E-state index >= 15 is 0 Å². The summed E-state index contributed by atoms with van der Waals surface area (Å²) in [6, 6.07) is -1.31. The van der Waals surface area contributed by atoms with E-state index < -0.39 is 23.5 Å². The van der Waals surface area contributed by atoms with Gasteiger partial charge in [-0.25, -0.2) is 4.79 Å². The number of nitrogens with two attached hydrogens (primary N) is 1. The smallest absolute Gasteiger partial charge is 0.327 e. The molecule has 17 heavy (non-hydrogen) atoms. The number of carbonyl (C=O) groups is 2. The van der Waals surface area contributed by atoms with Gasteiger partial charge in [-0.3, -0.25) is 4.79 Å². The maximum atomic E-state index is 12.2. The fraction of sp³-hybridized carbons (Fsp3) is 0.818.